The molecule has 0 atom stereocenters. The number of allylic oxidation sites excluding steroid dienone is 1. The fraction of sp³-hybridized carbons (Fsp3) is 0.0392. The molecule has 2 aliphatic carbocycles. The summed E-state index contributed by atoms with van der Waals surface area (Å²) in [4.78, 5) is 5.01. The summed E-state index contributed by atoms with van der Waals surface area (Å²) < 4.78 is 0. The fourth-order valence-corrected chi connectivity index (χ4v) is 9.48. The topological polar surface area (TPSA) is 38.9 Å². The smallest absolute Gasteiger partial charge is 0.0944 e. The highest BCUT2D eigenvalue weighted by molar-refractivity contribution is 6.09. The summed E-state index contributed by atoms with van der Waals surface area (Å²) in [5.74, 6) is 0. The Kier molecular flexibility index (Phi) is 6.27. The summed E-state index contributed by atoms with van der Waals surface area (Å²) in [5, 5.41) is 6.18. The van der Waals surface area contributed by atoms with E-state index in [9.17, 15) is 0 Å². The Morgan fingerprint density at radius 3 is 1.81 bits per heavy atom. The molecule has 11 rings (SSSR count). The van der Waals surface area contributed by atoms with Crippen LogP contribution < -0.4 is 5.73 Å². The molecule has 1 spiro atoms. The van der Waals surface area contributed by atoms with Crippen LogP contribution in [0.25, 0.3) is 83.2 Å². The first-order valence-corrected chi connectivity index (χ1v) is 18.4. The van der Waals surface area contributed by atoms with Gasteiger partial charge in [0.25, 0.3) is 0 Å². The maximum atomic E-state index is 6.55. The quantitative estimate of drug-likeness (QED) is 0.189. The Hall–Kier alpha value is -6.77. The van der Waals surface area contributed by atoms with Crippen LogP contribution in [-0.2, 0) is 5.41 Å². The van der Waals surface area contributed by atoms with Crippen molar-refractivity contribution < 1.29 is 0 Å². The van der Waals surface area contributed by atoms with Crippen molar-refractivity contribution in [1.29, 1.82) is 0 Å². The minimum absolute atomic E-state index is 0.425. The summed E-state index contributed by atoms with van der Waals surface area (Å²) in [6.45, 7) is 2.00. The van der Waals surface area contributed by atoms with Gasteiger partial charge in [0, 0.05) is 10.9 Å². The van der Waals surface area contributed by atoms with Crippen molar-refractivity contribution in [1.82, 2.24) is 4.98 Å². The summed E-state index contributed by atoms with van der Waals surface area (Å²) in [7, 11) is 0. The van der Waals surface area contributed by atoms with Crippen molar-refractivity contribution in [3.63, 3.8) is 0 Å². The van der Waals surface area contributed by atoms with E-state index in [0.29, 0.717) is 5.69 Å². The second-order valence-electron chi connectivity index (χ2n) is 14.4. The maximum absolute atomic E-state index is 6.55. The first-order valence-electron chi connectivity index (χ1n) is 18.4. The Bertz CT molecular complexity index is 2980. The van der Waals surface area contributed by atoms with Crippen LogP contribution in [0, 0.1) is 0 Å². The van der Waals surface area contributed by atoms with Gasteiger partial charge in [-0.05, 0) is 102 Å². The van der Waals surface area contributed by atoms with E-state index in [4.69, 9.17) is 10.7 Å². The Labute approximate surface area is 308 Å². The molecule has 0 radical (unpaired) electrons. The zero-order valence-electron chi connectivity index (χ0n) is 29.3. The average Bonchev–Trinajstić information content (AvgIpc) is 3.69. The van der Waals surface area contributed by atoms with E-state index < -0.39 is 5.41 Å². The molecule has 0 unspecified atom stereocenters. The second-order valence-corrected chi connectivity index (χ2v) is 14.4. The van der Waals surface area contributed by atoms with Crippen LogP contribution >= 0.6 is 0 Å². The molecule has 2 heteroatoms. The molecule has 1 heterocycles. The molecule has 0 saturated carbocycles. The van der Waals surface area contributed by atoms with Gasteiger partial charge in [-0.2, -0.15) is 0 Å². The predicted octanol–water partition coefficient (Wildman–Crippen LogP) is 12.8. The molecule has 0 fully saturated rings. The van der Waals surface area contributed by atoms with Gasteiger partial charge in [-0.15, -0.1) is 0 Å². The number of pyridine rings is 1. The van der Waals surface area contributed by atoms with E-state index >= 15 is 0 Å². The van der Waals surface area contributed by atoms with Crippen molar-refractivity contribution >= 4 is 44.2 Å². The summed E-state index contributed by atoms with van der Waals surface area (Å²) in [6, 6.07) is 60.5. The molecule has 2 N–H and O–H groups in total. The standard InChI is InChI=1S/C51H34N2/c1-2-9-34-20-21-35-25-29-46(53-50(35)49(34)52)33-18-16-31(17-19-33)36-23-26-39-37(30-36)24-28-43-42-27-22-32-10-3-4-11-38(32)47(42)51(48(39)43)44-14-7-5-12-40(44)41-13-6-8-15-45(41)51/h2-30H,52H2,1H3/b9-2-. The molecule has 0 amide bonds. The summed E-state index contributed by atoms with van der Waals surface area (Å²) in [6.07, 6.45) is 4.04. The molecule has 1 aromatic heterocycles. The highest BCUT2D eigenvalue weighted by Crippen LogP contribution is 2.65. The molecule has 53 heavy (non-hydrogen) atoms. The number of anilines is 1. The number of nitrogen functional groups attached to an aromatic ring is 1. The van der Waals surface area contributed by atoms with Gasteiger partial charge in [0.1, 0.15) is 0 Å². The lowest BCUT2D eigenvalue weighted by molar-refractivity contribution is 0.809. The normalized spacial score (nSPS) is 13.5. The average molecular weight is 675 g/mol. The highest BCUT2D eigenvalue weighted by atomic mass is 14.7. The van der Waals surface area contributed by atoms with E-state index in [1.54, 1.807) is 0 Å². The van der Waals surface area contributed by atoms with Crippen LogP contribution in [0.1, 0.15) is 34.7 Å². The number of nitrogens with zero attached hydrogens (tertiary/aromatic N) is 1. The van der Waals surface area contributed by atoms with E-state index in [1.807, 2.05) is 19.1 Å². The number of benzene rings is 8. The predicted molar refractivity (Wildman–Crippen MR) is 223 cm³/mol. The summed E-state index contributed by atoms with van der Waals surface area (Å²) >= 11 is 0. The maximum Gasteiger partial charge on any atom is 0.0944 e. The number of rotatable bonds is 3. The molecule has 0 bridgehead atoms. The molecule has 8 aromatic carbocycles. The van der Waals surface area contributed by atoms with Crippen LogP contribution in [0.4, 0.5) is 5.69 Å². The Morgan fingerprint density at radius 2 is 1.08 bits per heavy atom. The molecule has 2 aliphatic rings. The van der Waals surface area contributed by atoms with Gasteiger partial charge in [-0.3, -0.25) is 0 Å². The van der Waals surface area contributed by atoms with Crippen molar-refractivity contribution in [2.24, 2.45) is 0 Å². The SMILES string of the molecule is C/C=C\c1ccc2ccc(-c3ccc(-c4ccc5c6c(ccc5c4)-c4ccc5ccccc5c4C64c5ccccc5-c5ccccc54)cc3)nc2c1N. The van der Waals surface area contributed by atoms with E-state index in [1.165, 1.54) is 77.2 Å². The fourth-order valence-electron chi connectivity index (χ4n) is 9.48. The van der Waals surface area contributed by atoms with Crippen molar-refractivity contribution in [3.8, 4) is 44.6 Å². The number of fused-ring (bicyclic) bond motifs is 15. The zero-order chi connectivity index (χ0) is 35.3. The molecular weight excluding hydrogens is 641 g/mol. The number of nitrogens with two attached hydrogens (primary N) is 1. The van der Waals surface area contributed by atoms with E-state index in [-0.39, 0.29) is 0 Å². The van der Waals surface area contributed by atoms with Gasteiger partial charge in [0.2, 0.25) is 0 Å². The zero-order valence-corrected chi connectivity index (χ0v) is 29.3. The van der Waals surface area contributed by atoms with Crippen LogP contribution in [0.2, 0.25) is 0 Å². The Balaban J connectivity index is 1.08. The van der Waals surface area contributed by atoms with Gasteiger partial charge < -0.3 is 5.73 Å². The van der Waals surface area contributed by atoms with Crippen molar-refractivity contribution in [2.75, 3.05) is 5.73 Å². The molecule has 0 aliphatic heterocycles. The lowest BCUT2D eigenvalue weighted by Gasteiger charge is -2.32. The third kappa shape index (κ3) is 4.06. The van der Waals surface area contributed by atoms with E-state index in [0.717, 1.165) is 27.7 Å². The largest absolute Gasteiger partial charge is 0.396 e. The second kappa shape index (κ2) is 11.1. The minimum Gasteiger partial charge on any atom is -0.396 e. The van der Waals surface area contributed by atoms with Crippen LogP contribution in [-0.4, -0.2) is 4.98 Å². The lowest BCUT2D eigenvalue weighted by atomic mass is 9.68. The van der Waals surface area contributed by atoms with E-state index in [2.05, 4.69) is 164 Å². The van der Waals surface area contributed by atoms with Crippen molar-refractivity contribution in [2.45, 2.75) is 12.3 Å². The first-order chi connectivity index (χ1) is 26.1. The van der Waals surface area contributed by atoms with Gasteiger partial charge >= 0.3 is 0 Å². The first kappa shape index (κ1) is 29.9. The van der Waals surface area contributed by atoms with Crippen LogP contribution in [0.5, 0.6) is 0 Å². The van der Waals surface area contributed by atoms with Crippen LogP contribution in [0.3, 0.4) is 0 Å². The number of hydrogen-bond donors (Lipinski definition) is 1. The van der Waals surface area contributed by atoms with Crippen molar-refractivity contribution in [3.05, 3.63) is 198 Å². The molecule has 9 aromatic rings. The molecule has 0 saturated heterocycles. The van der Waals surface area contributed by atoms with Gasteiger partial charge in [-0.25, -0.2) is 4.98 Å². The van der Waals surface area contributed by atoms with Gasteiger partial charge in [-0.1, -0.05) is 164 Å². The molecular formula is C51H34N2. The highest BCUT2D eigenvalue weighted by Gasteiger charge is 2.53. The van der Waals surface area contributed by atoms with Gasteiger partial charge in [0.05, 0.1) is 22.3 Å². The lowest BCUT2D eigenvalue weighted by Crippen LogP contribution is -2.26. The van der Waals surface area contributed by atoms with Crippen LogP contribution in [0.15, 0.2) is 170 Å². The number of hydrogen-bond acceptors (Lipinski definition) is 2. The monoisotopic (exact) mass is 674 g/mol. The van der Waals surface area contributed by atoms with Gasteiger partial charge in [0.15, 0.2) is 0 Å². The molecule has 2 nitrogen and oxygen atoms in total. The third-order valence-corrected chi connectivity index (χ3v) is 11.7. The number of aromatic nitrogens is 1. The minimum atomic E-state index is -0.425. The molecule has 248 valence electrons. The summed E-state index contributed by atoms with van der Waals surface area (Å²) in [5.41, 5.74) is 23.8. The Morgan fingerprint density at radius 1 is 0.491 bits per heavy atom. The third-order valence-electron chi connectivity index (χ3n) is 11.7.